The second-order valence-corrected chi connectivity index (χ2v) is 8.57. The van der Waals surface area contributed by atoms with Crippen LogP contribution in [0.15, 0.2) is 24.3 Å². The number of H-pyrrole nitrogens is 2. The fraction of sp³-hybridized carbons (Fsp3) is 0.476. The molecule has 1 aromatic carbocycles. The van der Waals surface area contributed by atoms with Crippen molar-refractivity contribution in [2.75, 3.05) is 6.54 Å². The Morgan fingerprint density at radius 3 is 2.78 bits per heavy atom. The SMILES string of the molecule is Cc1ccc2nc([C@H]3CCCCN3C(=O)c3cc(C(C)(C)C)[nH]n3)[nH]c2c1. The normalized spacial score (nSPS) is 18.2. The van der Waals surface area contributed by atoms with Gasteiger partial charge in [0, 0.05) is 17.7 Å². The van der Waals surface area contributed by atoms with Crippen LogP contribution in [0.2, 0.25) is 0 Å². The number of amides is 1. The van der Waals surface area contributed by atoms with Crippen LogP contribution in [0.1, 0.15) is 73.6 Å². The third-order valence-corrected chi connectivity index (χ3v) is 5.34. The molecule has 1 aliphatic heterocycles. The molecule has 27 heavy (non-hydrogen) atoms. The van der Waals surface area contributed by atoms with E-state index in [0.29, 0.717) is 5.69 Å². The summed E-state index contributed by atoms with van der Waals surface area (Å²) in [6, 6.07) is 8.05. The zero-order chi connectivity index (χ0) is 19.2. The Hall–Kier alpha value is -2.63. The summed E-state index contributed by atoms with van der Waals surface area (Å²) in [5, 5.41) is 7.32. The number of hydrogen-bond acceptors (Lipinski definition) is 3. The molecule has 1 aliphatic rings. The van der Waals surface area contributed by atoms with E-state index in [0.717, 1.165) is 48.4 Å². The van der Waals surface area contributed by atoms with Crippen molar-refractivity contribution in [1.29, 1.82) is 0 Å². The molecule has 6 nitrogen and oxygen atoms in total. The monoisotopic (exact) mass is 365 g/mol. The number of benzene rings is 1. The number of imidazole rings is 1. The smallest absolute Gasteiger partial charge is 0.274 e. The number of likely N-dealkylation sites (tertiary alicyclic amines) is 1. The standard InChI is InChI=1S/C21H27N5O/c1-13-8-9-14-15(11-13)23-19(22-14)17-7-5-6-10-26(17)20(27)16-12-18(25-24-16)21(2,3)4/h8-9,11-12,17H,5-7,10H2,1-4H3,(H,22,23)(H,24,25)/t17-/m1/s1. The Balaban J connectivity index is 1.65. The van der Waals surface area contributed by atoms with Gasteiger partial charge in [-0.3, -0.25) is 9.89 Å². The maximum Gasteiger partial charge on any atom is 0.274 e. The maximum atomic E-state index is 13.2. The molecule has 1 fully saturated rings. The summed E-state index contributed by atoms with van der Waals surface area (Å²) in [6.45, 7) is 9.12. The van der Waals surface area contributed by atoms with Crippen LogP contribution in [0.5, 0.6) is 0 Å². The topological polar surface area (TPSA) is 77.7 Å². The number of aromatic nitrogens is 4. The summed E-state index contributed by atoms with van der Waals surface area (Å²) >= 11 is 0. The van der Waals surface area contributed by atoms with Gasteiger partial charge in [0.25, 0.3) is 5.91 Å². The molecule has 2 N–H and O–H groups in total. The van der Waals surface area contributed by atoms with Gasteiger partial charge in [0.2, 0.25) is 0 Å². The molecule has 4 rings (SSSR count). The lowest BCUT2D eigenvalue weighted by Gasteiger charge is -2.34. The molecule has 2 aromatic heterocycles. The van der Waals surface area contributed by atoms with E-state index in [1.54, 1.807) is 0 Å². The van der Waals surface area contributed by atoms with Crippen LogP contribution < -0.4 is 0 Å². The van der Waals surface area contributed by atoms with Crippen LogP contribution in [0, 0.1) is 6.92 Å². The fourth-order valence-corrected chi connectivity index (χ4v) is 3.72. The number of piperidine rings is 1. The van der Waals surface area contributed by atoms with Gasteiger partial charge in [-0.15, -0.1) is 0 Å². The third-order valence-electron chi connectivity index (χ3n) is 5.34. The Morgan fingerprint density at radius 2 is 2.04 bits per heavy atom. The average Bonchev–Trinajstić information content (AvgIpc) is 3.27. The highest BCUT2D eigenvalue weighted by molar-refractivity contribution is 5.92. The van der Waals surface area contributed by atoms with Crippen molar-refractivity contribution in [3.8, 4) is 0 Å². The largest absolute Gasteiger partial charge is 0.340 e. The Morgan fingerprint density at radius 1 is 1.22 bits per heavy atom. The lowest BCUT2D eigenvalue weighted by molar-refractivity contribution is 0.0595. The van der Waals surface area contributed by atoms with Crippen LogP contribution >= 0.6 is 0 Å². The van der Waals surface area contributed by atoms with Crippen molar-refractivity contribution in [3.63, 3.8) is 0 Å². The van der Waals surface area contributed by atoms with E-state index in [4.69, 9.17) is 4.98 Å². The molecule has 0 spiro atoms. The molecule has 0 aliphatic carbocycles. The first-order chi connectivity index (χ1) is 12.8. The van der Waals surface area contributed by atoms with Crippen LogP contribution in [0.4, 0.5) is 0 Å². The summed E-state index contributed by atoms with van der Waals surface area (Å²) in [5.41, 5.74) is 4.56. The van der Waals surface area contributed by atoms with Crippen molar-refractivity contribution < 1.29 is 4.79 Å². The molecule has 0 unspecified atom stereocenters. The second kappa shape index (κ2) is 6.51. The molecule has 142 valence electrons. The molecule has 0 saturated carbocycles. The number of nitrogens with zero attached hydrogens (tertiary/aromatic N) is 3. The van der Waals surface area contributed by atoms with Crippen molar-refractivity contribution >= 4 is 16.9 Å². The summed E-state index contributed by atoms with van der Waals surface area (Å²) in [4.78, 5) is 23.3. The van der Waals surface area contributed by atoms with E-state index >= 15 is 0 Å². The Labute approximate surface area is 159 Å². The molecule has 3 heterocycles. The lowest BCUT2D eigenvalue weighted by atomic mass is 9.92. The van der Waals surface area contributed by atoms with Gasteiger partial charge in [0.1, 0.15) is 11.5 Å². The highest BCUT2D eigenvalue weighted by Gasteiger charge is 2.32. The zero-order valence-electron chi connectivity index (χ0n) is 16.5. The lowest BCUT2D eigenvalue weighted by Crippen LogP contribution is -2.39. The fourth-order valence-electron chi connectivity index (χ4n) is 3.72. The minimum atomic E-state index is -0.0660. The number of rotatable bonds is 2. The summed E-state index contributed by atoms with van der Waals surface area (Å²) in [7, 11) is 0. The Kier molecular flexibility index (Phi) is 4.29. The van der Waals surface area contributed by atoms with Crippen molar-refractivity contribution in [1.82, 2.24) is 25.1 Å². The number of nitrogens with one attached hydrogen (secondary N) is 2. The minimum Gasteiger partial charge on any atom is -0.340 e. The molecule has 1 saturated heterocycles. The molecule has 1 atom stereocenters. The molecular formula is C21H27N5O. The van der Waals surface area contributed by atoms with Crippen LogP contribution in [-0.4, -0.2) is 37.5 Å². The van der Waals surface area contributed by atoms with E-state index in [-0.39, 0.29) is 17.4 Å². The highest BCUT2D eigenvalue weighted by atomic mass is 16.2. The van der Waals surface area contributed by atoms with Gasteiger partial charge in [0.05, 0.1) is 17.1 Å². The zero-order valence-corrected chi connectivity index (χ0v) is 16.5. The van der Waals surface area contributed by atoms with E-state index in [2.05, 4.69) is 55.0 Å². The van der Waals surface area contributed by atoms with Gasteiger partial charge in [0.15, 0.2) is 0 Å². The predicted molar refractivity (Wildman–Crippen MR) is 106 cm³/mol. The predicted octanol–water partition coefficient (Wildman–Crippen LogP) is 4.26. The number of aromatic amines is 2. The van der Waals surface area contributed by atoms with Gasteiger partial charge in [-0.05, 0) is 49.9 Å². The first kappa shape index (κ1) is 17.8. The van der Waals surface area contributed by atoms with Crippen molar-refractivity contribution in [2.45, 2.75) is 58.4 Å². The molecular weight excluding hydrogens is 338 g/mol. The number of fused-ring (bicyclic) bond motifs is 1. The quantitative estimate of drug-likeness (QED) is 0.712. The number of hydrogen-bond donors (Lipinski definition) is 2. The third kappa shape index (κ3) is 3.36. The first-order valence-electron chi connectivity index (χ1n) is 9.66. The molecule has 6 heteroatoms. The Bertz CT molecular complexity index is 978. The number of carbonyl (C=O) groups excluding carboxylic acids is 1. The molecule has 0 radical (unpaired) electrons. The average molecular weight is 365 g/mol. The molecule has 3 aromatic rings. The van der Waals surface area contributed by atoms with Gasteiger partial charge in [-0.25, -0.2) is 4.98 Å². The molecule has 1 amide bonds. The van der Waals surface area contributed by atoms with E-state index < -0.39 is 0 Å². The van der Waals surface area contributed by atoms with E-state index in [1.165, 1.54) is 5.56 Å². The van der Waals surface area contributed by atoms with Crippen LogP contribution in [0.3, 0.4) is 0 Å². The van der Waals surface area contributed by atoms with Crippen molar-refractivity contribution in [2.24, 2.45) is 0 Å². The summed E-state index contributed by atoms with van der Waals surface area (Å²) in [6.07, 6.45) is 3.03. The van der Waals surface area contributed by atoms with E-state index in [9.17, 15) is 4.79 Å². The minimum absolute atomic E-state index is 0.0249. The number of aryl methyl sites for hydroxylation is 1. The van der Waals surface area contributed by atoms with Gasteiger partial charge in [-0.2, -0.15) is 5.10 Å². The number of carbonyl (C=O) groups is 1. The van der Waals surface area contributed by atoms with Gasteiger partial charge >= 0.3 is 0 Å². The highest BCUT2D eigenvalue weighted by Crippen LogP contribution is 2.32. The second-order valence-electron chi connectivity index (χ2n) is 8.57. The summed E-state index contributed by atoms with van der Waals surface area (Å²) in [5.74, 6) is 0.846. The van der Waals surface area contributed by atoms with Crippen LogP contribution in [0.25, 0.3) is 11.0 Å². The maximum absolute atomic E-state index is 13.2. The summed E-state index contributed by atoms with van der Waals surface area (Å²) < 4.78 is 0. The van der Waals surface area contributed by atoms with E-state index in [1.807, 2.05) is 17.0 Å². The molecule has 0 bridgehead atoms. The van der Waals surface area contributed by atoms with Gasteiger partial charge < -0.3 is 9.88 Å². The first-order valence-corrected chi connectivity index (χ1v) is 9.66. The van der Waals surface area contributed by atoms with Gasteiger partial charge in [-0.1, -0.05) is 26.8 Å². The van der Waals surface area contributed by atoms with Crippen molar-refractivity contribution in [3.05, 3.63) is 47.0 Å². The van der Waals surface area contributed by atoms with Crippen LogP contribution in [-0.2, 0) is 5.41 Å².